The van der Waals surface area contributed by atoms with Crippen LogP contribution >= 0.6 is 0 Å². The van der Waals surface area contributed by atoms with E-state index in [1.54, 1.807) is 12.4 Å². The Morgan fingerprint density at radius 3 is 2.59 bits per heavy atom. The highest BCUT2D eigenvalue weighted by molar-refractivity contribution is 5.88. The van der Waals surface area contributed by atoms with Crippen LogP contribution in [0.2, 0.25) is 0 Å². The maximum atomic E-state index is 11.7. The van der Waals surface area contributed by atoms with Crippen molar-refractivity contribution in [3.05, 3.63) is 35.8 Å². The van der Waals surface area contributed by atoms with Crippen molar-refractivity contribution in [1.82, 2.24) is 10.3 Å². The number of hydrogen-bond acceptors (Lipinski definition) is 2. The van der Waals surface area contributed by atoms with E-state index < -0.39 is 0 Å². The Kier molecular flexibility index (Phi) is 3.27. The zero-order valence-electron chi connectivity index (χ0n) is 10.5. The van der Waals surface area contributed by atoms with Crippen molar-refractivity contribution in [2.24, 2.45) is 11.8 Å². The third-order valence-electron chi connectivity index (χ3n) is 3.15. The molecule has 0 spiro atoms. The van der Waals surface area contributed by atoms with Crippen LogP contribution in [0.15, 0.2) is 30.2 Å². The van der Waals surface area contributed by atoms with Gasteiger partial charge >= 0.3 is 0 Å². The molecule has 0 radical (unpaired) electrons. The molecule has 0 fully saturated rings. The van der Waals surface area contributed by atoms with Gasteiger partial charge in [0.2, 0.25) is 5.91 Å². The van der Waals surface area contributed by atoms with E-state index in [0.29, 0.717) is 5.92 Å². The second kappa shape index (κ2) is 4.70. The highest BCUT2D eigenvalue weighted by Gasteiger charge is 2.26. The van der Waals surface area contributed by atoms with Crippen molar-refractivity contribution < 1.29 is 4.79 Å². The molecular weight excluding hydrogens is 212 g/mol. The normalized spacial score (nSPS) is 20.7. The molecule has 1 aliphatic rings. The SMILES string of the molecule is CC(C)C1=C(c2ccncc2)CC(C)C(=O)N1. The molecule has 1 N–H and O–H groups in total. The molecule has 0 aromatic carbocycles. The lowest BCUT2D eigenvalue weighted by Crippen LogP contribution is -2.35. The molecule has 2 heterocycles. The summed E-state index contributed by atoms with van der Waals surface area (Å²) < 4.78 is 0. The first-order valence-electron chi connectivity index (χ1n) is 6.04. The van der Waals surface area contributed by atoms with Gasteiger partial charge in [-0.3, -0.25) is 9.78 Å². The number of nitrogens with zero attached hydrogens (tertiary/aromatic N) is 1. The number of allylic oxidation sites excluding steroid dienone is 2. The topological polar surface area (TPSA) is 42.0 Å². The van der Waals surface area contributed by atoms with Crippen LogP contribution in [0.3, 0.4) is 0 Å². The maximum Gasteiger partial charge on any atom is 0.227 e. The van der Waals surface area contributed by atoms with Crippen molar-refractivity contribution in [1.29, 1.82) is 0 Å². The second-order valence-electron chi connectivity index (χ2n) is 4.88. The summed E-state index contributed by atoms with van der Waals surface area (Å²) in [5.74, 6) is 0.502. The van der Waals surface area contributed by atoms with Gasteiger partial charge in [0.15, 0.2) is 0 Å². The smallest absolute Gasteiger partial charge is 0.227 e. The van der Waals surface area contributed by atoms with Crippen molar-refractivity contribution in [2.45, 2.75) is 27.2 Å². The predicted molar refractivity (Wildman–Crippen MR) is 67.9 cm³/mol. The van der Waals surface area contributed by atoms with Gasteiger partial charge in [-0.15, -0.1) is 0 Å². The van der Waals surface area contributed by atoms with E-state index in [4.69, 9.17) is 0 Å². The first kappa shape index (κ1) is 11.8. The predicted octanol–water partition coefficient (Wildman–Crippen LogP) is 2.60. The van der Waals surface area contributed by atoms with Gasteiger partial charge in [0, 0.05) is 24.0 Å². The molecule has 2 rings (SSSR count). The average molecular weight is 230 g/mol. The summed E-state index contributed by atoms with van der Waals surface area (Å²) in [7, 11) is 0. The molecule has 1 atom stereocenters. The summed E-state index contributed by atoms with van der Waals surface area (Å²) in [5.41, 5.74) is 3.46. The lowest BCUT2D eigenvalue weighted by Gasteiger charge is -2.27. The first-order valence-corrected chi connectivity index (χ1v) is 6.04. The standard InChI is InChI=1S/C14H18N2O/c1-9(2)13-12(8-10(3)14(17)16-13)11-4-6-15-7-5-11/h4-7,9-10H,8H2,1-3H3,(H,16,17). The number of rotatable bonds is 2. The third kappa shape index (κ3) is 2.38. The maximum absolute atomic E-state index is 11.7. The zero-order valence-corrected chi connectivity index (χ0v) is 10.5. The fraction of sp³-hybridized carbons (Fsp3) is 0.429. The Bertz CT molecular complexity index is 449. The number of aromatic nitrogens is 1. The van der Waals surface area contributed by atoms with Crippen molar-refractivity contribution in [2.75, 3.05) is 0 Å². The minimum atomic E-state index is 0.0423. The molecule has 3 nitrogen and oxygen atoms in total. The summed E-state index contributed by atoms with van der Waals surface area (Å²) in [5, 5.41) is 3.03. The number of carbonyl (C=O) groups is 1. The summed E-state index contributed by atoms with van der Waals surface area (Å²) in [4.78, 5) is 15.8. The van der Waals surface area contributed by atoms with E-state index in [1.807, 2.05) is 19.1 Å². The summed E-state index contributed by atoms with van der Waals surface area (Å²) in [6.45, 7) is 6.17. The van der Waals surface area contributed by atoms with Crippen LogP contribution in [0.5, 0.6) is 0 Å². The zero-order chi connectivity index (χ0) is 12.4. The third-order valence-corrected chi connectivity index (χ3v) is 3.15. The van der Waals surface area contributed by atoms with Gasteiger partial charge in [0.05, 0.1) is 0 Å². The van der Waals surface area contributed by atoms with Crippen LogP contribution in [0.25, 0.3) is 5.57 Å². The highest BCUT2D eigenvalue weighted by Crippen LogP contribution is 2.31. The number of hydrogen-bond donors (Lipinski definition) is 1. The van der Waals surface area contributed by atoms with Crippen LogP contribution in [-0.4, -0.2) is 10.9 Å². The van der Waals surface area contributed by atoms with Crippen LogP contribution < -0.4 is 5.32 Å². The molecule has 0 bridgehead atoms. The highest BCUT2D eigenvalue weighted by atomic mass is 16.1. The Labute approximate surface area is 102 Å². The Morgan fingerprint density at radius 2 is 2.00 bits per heavy atom. The van der Waals surface area contributed by atoms with Crippen LogP contribution in [0.1, 0.15) is 32.8 Å². The summed E-state index contributed by atoms with van der Waals surface area (Å²) >= 11 is 0. The molecule has 1 amide bonds. The minimum absolute atomic E-state index is 0.0423. The Hall–Kier alpha value is -1.64. The van der Waals surface area contributed by atoms with Crippen molar-refractivity contribution >= 4 is 11.5 Å². The molecule has 1 aliphatic heterocycles. The van der Waals surface area contributed by atoms with Gasteiger partial charge < -0.3 is 5.32 Å². The molecule has 3 heteroatoms. The Morgan fingerprint density at radius 1 is 1.35 bits per heavy atom. The van der Waals surface area contributed by atoms with Gasteiger partial charge in [-0.2, -0.15) is 0 Å². The van der Waals surface area contributed by atoms with E-state index in [9.17, 15) is 4.79 Å². The molecule has 1 unspecified atom stereocenters. The molecule has 0 aliphatic carbocycles. The number of amides is 1. The number of carbonyl (C=O) groups excluding carboxylic acids is 1. The van der Waals surface area contributed by atoms with Gasteiger partial charge in [-0.1, -0.05) is 20.8 Å². The summed E-state index contributed by atoms with van der Waals surface area (Å²) in [6.07, 6.45) is 4.39. The van der Waals surface area contributed by atoms with Gasteiger partial charge in [0.1, 0.15) is 0 Å². The van der Waals surface area contributed by atoms with E-state index in [-0.39, 0.29) is 11.8 Å². The summed E-state index contributed by atoms with van der Waals surface area (Å²) in [6, 6.07) is 4.00. The molecule has 17 heavy (non-hydrogen) atoms. The molecule has 1 aromatic rings. The van der Waals surface area contributed by atoms with Gasteiger partial charge in [-0.25, -0.2) is 0 Å². The van der Waals surface area contributed by atoms with Crippen molar-refractivity contribution in [3.63, 3.8) is 0 Å². The number of pyridine rings is 1. The van der Waals surface area contributed by atoms with Crippen LogP contribution in [-0.2, 0) is 4.79 Å². The van der Waals surface area contributed by atoms with Gasteiger partial charge in [0.25, 0.3) is 0 Å². The molecule has 90 valence electrons. The Balaban J connectivity index is 2.46. The van der Waals surface area contributed by atoms with Crippen LogP contribution in [0, 0.1) is 11.8 Å². The van der Waals surface area contributed by atoms with E-state index >= 15 is 0 Å². The second-order valence-corrected chi connectivity index (χ2v) is 4.88. The quantitative estimate of drug-likeness (QED) is 0.848. The van der Waals surface area contributed by atoms with Gasteiger partial charge in [-0.05, 0) is 35.6 Å². The van der Waals surface area contributed by atoms with E-state index in [2.05, 4.69) is 24.1 Å². The van der Waals surface area contributed by atoms with Crippen molar-refractivity contribution in [3.8, 4) is 0 Å². The average Bonchev–Trinajstić information content (AvgIpc) is 2.33. The number of nitrogens with one attached hydrogen (secondary N) is 1. The minimum Gasteiger partial charge on any atom is -0.329 e. The molecular formula is C14H18N2O. The van der Waals surface area contributed by atoms with E-state index in [0.717, 1.165) is 17.7 Å². The fourth-order valence-corrected chi connectivity index (χ4v) is 2.16. The largest absolute Gasteiger partial charge is 0.329 e. The van der Waals surface area contributed by atoms with E-state index in [1.165, 1.54) is 5.57 Å². The molecule has 1 aromatic heterocycles. The fourth-order valence-electron chi connectivity index (χ4n) is 2.16. The lowest BCUT2D eigenvalue weighted by atomic mass is 9.87. The molecule has 0 saturated heterocycles. The molecule has 0 saturated carbocycles. The first-order chi connectivity index (χ1) is 8.09. The lowest BCUT2D eigenvalue weighted by molar-refractivity contribution is -0.124. The monoisotopic (exact) mass is 230 g/mol. The van der Waals surface area contributed by atoms with Crippen LogP contribution in [0.4, 0.5) is 0 Å².